The number of nitrogens with zero attached hydrogens (tertiary/aromatic N) is 1. The Morgan fingerprint density at radius 3 is 2.44 bits per heavy atom. The third kappa shape index (κ3) is 4.49. The predicted octanol–water partition coefficient (Wildman–Crippen LogP) is 6.83. The molecule has 0 saturated heterocycles. The molecule has 0 radical (unpaired) electrons. The Labute approximate surface area is 212 Å². The van der Waals surface area contributed by atoms with E-state index in [4.69, 9.17) is 16.6 Å². The lowest BCUT2D eigenvalue weighted by atomic mass is 9.69. The van der Waals surface area contributed by atoms with Crippen molar-refractivity contribution in [1.82, 2.24) is 0 Å². The maximum Gasteiger partial charge on any atom is 0.234 e. The first-order chi connectivity index (χ1) is 17.3. The van der Waals surface area contributed by atoms with Gasteiger partial charge in [0.2, 0.25) is 5.91 Å². The van der Waals surface area contributed by atoms with Gasteiger partial charge in [0.15, 0.2) is 5.78 Å². The highest BCUT2D eigenvalue weighted by atomic mass is 35.5. The number of amides is 1. The summed E-state index contributed by atoms with van der Waals surface area (Å²) in [5.41, 5.74) is 3.17. The molecule has 1 N–H and O–H groups in total. The standard InChI is InChI=1S/C29H23ClF2N2O2/c1-16-26(29(36)34-23-12-11-19(31)15-22(23)32)27(20-9-5-6-10-21(20)30)28-24(33-16)13-18(14-25(28)35)17-7-3-2-4-8-17/h2-12,15,18,26-27H,13-14H2,1H3,(H,34,36)/t18-,26?,27-/m1/s1. The molecule has 3 aromatic rings. The molecular formula is C29H23ClF2N2O2. The molecule has 1 amide bonds. The molecule has 7 heteroatoms. The van der Waals surface area contributed by atoms with Gasteiger partial charge >= 0.3 is 0 Å². The summed E-state index contributed by atoms with van der Waals surface area (Å²) in [5.74, 6) is -3.86. The Kier molecular flexibility index (Phi) is 6.54. The van der Waals surface area contributed by atoms with Crippen molar-refractivity contribution in [3.8, 4) is 0 Å². The Balaban J connectivity index is 1.57. The highest BCUT2D eigenvalue weighted by Gasteiger charge is 2.44. The predicted molar refractivity (Wildman–Crippen MR) is 136 cm³/mol. The fourth-order valence-electron chi connectivity index (χ4n) is 5.23. The van der Waals surface area contributed by atoms with Crippen molar-refractivity contribution in [1.29, 1.82) is 0 Å². The van der Waals surface area contributed by atoms with E-state index in [0.29, 0.717) is 46.5 Å². The molecule has 2 aliphatic rings. The van der Waals surface area contributed by atoms with Gasteiger partial charge < -0.3 is 5.32 Å². The molecule has 5 rings (SSSR count). The second-order valence-corrected chi connectivity index (χ2v) is 9.55. The minimum atomic E-state index is -0.898. The summed E-state index contributed by atoms with van der Waals surface area (Å²) in [6.07, 6.45) is 0.851. The Morgan fingerprint density at radius 2 is 1.72 bits per heavy atom. The first-order valence-electron chi connectivity index (χ1n) is 11.7. The molecule has 182 valence electrons. The van der Waals surface area contributed by atoms with E-state index in [-0.39, 0.29) is 17.4 Å². The molecule has 0 bridgehead atoms. The van der Waals surface area contributed by atoms with Crippen LogP contribution in [0.25, 0.3) is 0 Å². The van der Waals surface area contributed by atoms with E-state index in [1.165, 1.54) is 6.07 Å². The largest absolute Gasteiger partial charge is 0.323 e. The second-order valence-electron chi connectivity index (χ2n) is 9.14. The topological polar surface area (TPSA) is 58.5 Å². The number of nitrogens with one attached hydrogen (secondary N) is 1. The second kappa shape index (κ2) is 9.78. The number of carbonyl (C=O) groups excluding carboxylic acids is 2. The van der Waals surface area contributed by atoms with Crippen molar-refractivity contribution in [3.63, 3.8) is 0 Å². The molecular weight excluding hydrogens is 482 g/mol. The van der Waals surface area contributed by atoms with Gasteiger partial charge in [0.05, 0.1) is 11.6 Å². The van der Waals surface area contributed by atoms with Gasteiger partial charge in [-0.15, -0.1) is 0 Å². The zero-order chi connectivity index (χ0) is 25.4. The van der Waals surface area contributed by atoms with Crippen molar-refractivity contribution in [2.45, 2.75) is 31.6 Å². The normalized spacial score (nSPS) is 21.6. The van der Waals surface area contributed by atoms with Gasteiger partial charge in [-0.05, 0) is 48.6 Å². The van der Waals surface area contributed by atoms with E-state index in [0.717, 1.165) is 11.6 Å². The number of rotatable bonds is 4. The van der Waals surface area contributed by atoms with Crippen molar-refractivity contribution in [2.75, 3.05) is 5.32 Å². The maximum atomic E-state index is 14.3. The Hall–Kier alpha value is -3.64. The van der Waals surface area contributed by atoms with Crippen LogP contribution in [-0.4, -0.2) is 17.4 Å². The van der Waals surface area contributed by atoms with Crippen LogP contribution in [0.5, 0.6) is 0 Å². The molecule has 0 fully saturated rings. The zero-order valence-corrected chi connectivity index (χ0v) is 20.2. The summed E-state index contributed by atoms with van der Waals surface area (Å²) < 4.78 is 27.7. The lowest BCUT2D eigenvalue weighted by molar-refractivity contribution is -0.119. The Morgan fingerprint density at radius 1 is 1.00 bits per heavy atom. The molecule has 0 spiro atoms. The molecule has 1 unspecified atom stereocenters. The van der Waals surface area contributed by atoms with Crippen LogP contribution in [-0.2, 0) is 9.59 Å². The number of halogens is 3. The molecule has 3 aromatic carbocycles. The van der Waals surface area contributed by atoms with Crippen LogP contribution in [0.3, 0.4) is 0 Å². The molecule has 1 heterocycles. The van der Waals surface area contributed by atoms with E-state index in [1.807, 2.05) is 30.3 Å². The van der Waals surface area contributed by atoms with Crippen LogP contribution >= 0.6 is 11.6 Å². The molecule has 1 aliphatic carbocycles. The van der Waals surface area contributed by atoms with E-state index in [2.05, 4.69) is 5.32 Å². The minimum Gasteiger partial charge on any atom is -0.323 e. The summed E-state index contributed by atoms with van der Waals surface area (Å²) in [6, 6.07) is 19.9. The summed E-state index contributed by atoms with van der Waals surface area (Å²) >= 11 is 6.57. The monoisotopic (exact) mass is 504 g/mol. The third-order valence-corrected chi connectivity index (χ3v) is 7.22. The maximum absolute atomic E-state index is 14.3. The lowest BCUT2D eigenvalue weighted by Gasteiger charge is -2.37. The number of carbonyl (C=O) groups is 2. The quantitative estimate of drug-likeness (QED) is 0.423. The number of allylic oxidation sites excluding steroid dienone is 2. The molecule has 36 heavy (non-hydrogen) atoms. The third-order valence-electron chi connectivity index (χ3n) is 6.87. The molecule has 0 saturated carbocycles. The number of aliphatic imine (C=N–C) groups is 1. The first-order valence-corrected chi connectivity index (χ1v) is 12.1. The number of hydrogen-bond donors (Lipinski definition) is 1. The number of Topliss-reactive ketones (excluding diaryl/α,β-unsaturated/α-hetero) is 1. The van der Waals surface area contributed by atoms with Crippen molar-refractivity contribution in [2.24, 2.45) is 10.9 Å². The molecule has 1 aliphatic heterocycles. The van der Waals surface area contributed by atoms with Gasteiger partial charge in [-0.1, -0.05) is 60.1 Å². The minimum absolute atomic E-state index is 0.0143. The van der Waals surface area contributed by atoms with Crippen LogP contribution < -0.4 is 5.32 Å². The molecule has 4 nitrogen and oxygen atoms in total. The van der Waals surface area contributed by atoms with Gasteiger partial charge in [-0.2, -0.15) is 0 Å². The van der Waals surface area contributed by atoms with Crippen LogP contribution in [0.15, 0.2) is 89.1 Å². The molecule has 0 aromatic heterocycles. The lowest BCUT2D eigenvalue weighted by Crippen LogP contribution is -2.40. The van der Waals surface area contributed by atoms with Crippen LogP contribution in [0.4, 0.5) is 14.5 Å². The zero-order valence-electron chi connectivity index (χ0n) is 19.5. The number of hydrogen-bond acceptors (Lipinski definition) is 3. The van der Waals surface area contributed by atoms with Gasteiger partial charge in [-0.25, -0.2) is 8.78 Å². The Bertz CT molecular complexity index is 1420. The summed E-state index contributed by atoms with van der Waals surface area (Å²) in [6.45, 7) is 1.73. The average Bonchev–Trinajstić information content (AvgIpc) is 2.85. The number of ketones is 1. The first kappa shape index (κ1) is 24.1. The van der Waals surface area contributed by atoms with E-state index in [1.54, 1.807) is 31.2 Å². The van der Waals surface area contributed by atoms with Crippen LogP contribution in [0.2, 0.25) is 5.02 Å². The number of benzene rings is 3. The summed E-state index contributed by atoms with van der Waals surface area (Å²) in [5, 5.41) is 2.99. The van der Waals surface area contributed by atoms with E-state index in [9.17, 15) is 18.4 Å². The van der Waals surface area contributed by atoms with Gasteiger partial charge in [0.1, 0.15) is 11.6 Å². The SMILES string of the molecule is CC1=NC2=C(C(=O)C[C@H](c3ccccc3)C2)[C@H](c2ccccc2Cl)C1C(=O)Nc1ccc(F)cc1F. The number of anilines is 1. The molecule has 3 atom stereocenters. The van der Waals surface area contributed by atoms with Crippen LogP contribution in [0.1, 0.15) is 42.7 Å². The van der Waals surface area contributed by atoms with Gasteiger partial charge in [0, 0.05) is 40.4 Å². The van der Waals surface area contributed by atoms with Crippen molar-refractivity contribution < 1.29 is 18.4 Å². The smallest absolute Gasteiger partial charge is 0.234 e. The van der Waals surface area contributed by atoms with E-state index >= 15 is 0 Å². The average molecular weight is 505 g/mol. The van der Waals surface area contributed by atoms with Crippen molar-refractivity contribution in [3.05, 3.63) is 112 Å². The van der Waals surface area contributed by atoms with Gasteiger partial charge in [0.25, 0.3) is 0 Å². The highest BCUT2D eigenvalue weighted by molar-refractivity contribution is 6.31. The van der Waals surface area contributed by atoms with Crippen LogP contribution in [0, 0.1) is 17.6 Å². The fourth-order valence-corrected chi connectivity index (χ4v) is 5.48. The fraction of sp³-hybridized carbons (Fsp3) is 0.207. The highest BCUT2D eigenvalue weighted by Crippen LogP contribution is 2.48. The van der Waals surface area contributed by atoms with Crippen molar-refractivity contribution >= 4 is 34.7 Å². The summed E-state index contributed by atoms with van der Waals surface area (Å²) in [7, 11) is 0. The summed E-state index contributed by atoms with van der Waals surface area (Å²) in [4.78, 5) is 31.9. The van der Waals surface area contributed by atoms with E-state index < -0.39 is 29.4 Å². The van der Waals surface area contributed by atoms with Gasteiger partial charge in [-0.3, -0.25) is 14.6 Å².